The number of nitrogens with zero attached hydrogens (tertiary/aromatic N) is 2. The number of carbonyl (C=O) groups excluding carboxylic acids is 3. The van der Waals surface area contributed by atoms with Crippen LogP contribution >= 0.6 is 23.1 Å². The van der Waals surface area contributed by atoms with Crippen molar-refractivity contribution in [2.45, 2.75) is 35.5 Å². The molecule has 222 valence electrons. The highest BCUT2D eigenvalue weighted by atomic mass is 32.2. The SMILES string of the molecule is O=C(O)CCCN1C(=O)C2C3CC(C2C1=O)C1C3Sc2[nH]c(=O)sc2[C@@H]1c1ccccc1OCC(=O)N1CCOCC1. The maximum atomic E-state index is 13.6. The summed E-state index contributed by atoms with van der Waals surface area (Å²) in [5, 5.41) is 9.87. The molecule has 4 heterocycles. The number of amides is 3. The Bertz CT molecular complexity index is 1500. The first-order valence-electron chi connectivity index (χ1n) is 14.4. The van der Waals surface area contributed by atoms with Crippen LogP contribution in [0.25, 0.3) is 0 Å². The molecule has 0 radical (unpaired) electrons. The Balaban J connectivity index is 1.20. The first kappa shape index (κ1) is 27.7. The summed E-state index contributed by atoms with van der Waals surface area (Å²) in [6, 6.07) is 7.60. The van der Waals surface area contributed by atoms with Gasteiger partial charge in [0.2, 0.25) is 11.8 Å². The lowest BCUT2D eigenvalue weighted by atomic mass is 9.68. The molecule has 42 heavy (non-hydrogen) atoms. The highest BCUT2D eigenvalue weighted by molar-refractivity contribution is 8.00. The van der Waals surface area contributed by atoms with Crippen LogP contribution < -0.4 is 9.61 Å². The van der Waals surface area contributed by atoms with E-state index in [2.05, 4.69) is 4.98 Å². The monoisotopic (exact) mass is 613 g/mol. The second kappa shape index (κ2) is 10.8. The summed E-state index contributed by atoms with van der Waals surface area (Å²) in [6.07, 6.45) is 0.894. The smallest absolute Gasteiger partial charge is 0.305 e. The lowest BCUT2D eigenvalue weighted by Crippen LogP contribution is -2.43. The minimum absolute atomic E-state index is 0.00406. The number of likely N-dealkylation sites (tertiary alicyclic amines) is 1. The topological polar surface area (TPSA) is 146 Å². The molecule has 3 amide bonds. The molecule has 4 fully saturated rings. The number of benzene rings is 1. The predicted octanol–water partition coefficient (Wildman–Crippen LogP) is 2.01. The van der Waals surface area contributed by atoms with Crippen LogP contribution in [-0.4, -0.2) is 88.3 Å². The molecular formula is C29H31N3O8S2. The molecule has 1 aromatic carbocycles. The van der Waals surface area contributed by atoms with E-state index in [0.29, 0.717) is 32.1 Å². The van der Waals surface area contributed by atoms with Crippen LogP contribution in [0.15, 0.2) is 34.1 Å². The third-order valence-corrected chi connectivity index (χ3v) is 12.1. The number of carboxylic acid groups (broad SMARTS) is 1. The van der Waals surface area contributed by atoms with Gasteiger partial charge in [-0.1, -0.05) is 29.5 Å². The summed E-state index contributed by atoms with van der Waals surface area (Å²) >= 11 is 2.78. The second-order valence-corrected chi connectivity index (χ2v) is 13.8. The van der Waals surface area contributed by atoms with Crippen molar-refractivity contribution in [3.8, 4) is 5.75 Å². The van der Waals surface area contributed by atoms with Gasteiger partial charge in [0.15, 0.2) is 6.61 Å². The number of ether oxygens (including phenoxy) is 2. The first-order valence-corrected chi connectivity index (χ1v) is 16.1. The van der Waals surface area contributed by atoms with Crippen molar-refractivity contribution in [1.29, 1.82) is 0 Å². The molecule has 2 N–H and O–H groups in total. The molecule has 7 atom stereocenters. The van der Waals surface area contributed by atoms with E-state index in [1.807, 2.05) is 24.3 Å². The number of imide groups is 1. The summed E-state index contributed by atoms with van der Waals surface area (Å²) in [5.41, 5.74) is 0.873. The molecule has 2 aliphatic carbocycles. The Kier molecular flexibility index (Phi) is 7.14. The number of nitrogens with one attached hydrogen (secondary N) is 1. The zero-order valence-electron chi connectivity index (χ0n) is 22.7. The Morgan fingerprint density at radius 3 is 2.57 bits per heavy atom. The number of morpholine rings is 1. The Hall–Kier alpha value is -3.16. The maximum absolute atomic E-state index is 13.6. The minimum Gasteiger partial charge on any atom is -0.483 e. The largest absolute Gasteiger partial charge is 0.483 e. The van der Waals surface area contributed by atoms with Crippen LogP contribution in [0.2, 0.25) is 0 Å². The quantitative estimate of drug-likeness (QED) is 0.427. The molecule has 11 nitrogen and oxygen atoms in total. The number of rotatable bonds is 8. The van der Waals surface area contributed by atoms with E-state index in [0.717, 1.165) is 21.9 Å². The second-order valence-electron chi connectivity index (χ2n) is 11.6. The molecule has 2 aromatic rings. The molecule has 13 heteroatoms. The average molecular weight is 614 g/mol. The minimum atomic E-state index is -0.952. The lowest BCUT2D eigenvalue weighted by Gasteiger charge is -2.43. The normalized spacial score (nSPS) is 31.2. The summed E-state index contributed by atoms with van der Waals surface area (Å²) < 4.78 is 11.5. The predicted molar refractivity (Wildman–Crippen MR) is 151 cm³/mol. The fraction of sp³-hybridized carbons (Fsp3) is 0.552. The number of aromatic amines is 1. The van der Waals surface area contributed by atoms with E-state index < -0.39 is 17.8 Å². The molecule has 2 saturated heterocycles. The van der Waals surface area contributed by atoms with E-state index in [1.54, 1.807) is 16.7 Å². The third kappa shape index (κ3) is 4.47. The standard InChI is InChI=1S/C29H31N3O8S2/c33-18(31-8-10-39-11-9-31)13-40-17-5-2-1-4-14(17)20-21-15-12-16(24(21)41-26-25(20)42-29(38)30-26)23-22(15)27(36)32(28(23)37)7-3-6-19(34)35/h1-2,4-5,15-16,20-24H,3,6-13H2,(H,30,38)(H,34,35)/t15?,16?,20-,21?,22?,23?,24?/m1/s1. The summed E-state index contributed by atoms with van der Waals surface area (Å²) in [5.74, 6) is -2.04. The average Bonchev–Trinajstić information content (AvgIpc) is 3.72. The highest BCUT2D eigenvalue weighted by Gasteiger charge is 2.69. The van der Waals surface area contributed by atoms with Crippen molar-refractivity contribution in [2.75, 3.05) is 39.5 Å². The fourth-order valence-electron chi connectivity index (χ4n) is 7.95. The molecule has 5 aliphatic rings. The molecule has 0 spiro atoms. The van der Waals surface area contributed by atoms with Crippen LogP contribution in [0, 0.1) is 29.6 Å². The molecule has 3 aliphatic heterocycles. The third-order valence-electron chi connectivity index (χ3n) is 9.56. The van der Waals surface area contributed by atoms with Crippen LogP contribution in [0.5, 0.6) is 5.75 Å². The summed E-state index contributed by atoms with van der Waals surface area (Å²) in [6.45, 7) is 2.07. The lowest BCUT2D eigenvalue weighted by molar-refractivity contribution is -0.142. The van der Waals surface area contributed by atoms with E-state index in [9.17, 15) is 24.0 Å². The molecule has 7 rings (SSSR count). The van der Waals surface area contributed by atoms with E-state index in [1.165, 1.54) is 16.2 Å². The van der Waals surface area contributed by atoms with Gasteiger partial charge in [-0.15, -0.1) is 11.8 Å². The van der Waals surface area contributed by atoms with Crippen molar-refractivity contribution >= 4 is 46.8 Å². The van der Waals surface area contributed by atoms with E-state index in [4.69, 9.17) is 14.6 Å². The Morgan fingerprint density at radius 2 is 1.81 bits per heavy atom. The Labute approximate surface area is 249 Å². The van der Waals surface area contributed by atoms with Crippen molar-refractivity contribution in [1.82, 2.24) is 14.8 Å². The fourth-order valence-corrected chi connectivity index (χ4v) is 10.8. The van der Waals surface area contributed by atoms with Gasteiger partial charge >= 0.3 is 10.8 Å². The number of thiazole rings is 1. The first-order chi connectivity index (χ1) is 20.3. The maximum Gasteiger partial charge on any atom is 0.305 e. The van der Waals surface area contributed by atoms with Crippen molar-refractivity contribution in [3.63, 3.8) is 0 Å². The van der Waals surface area contributed by atoms with Crippen molar-refractivity contribution in [3.05, 3.63) is 44.4 Å². The van der Waals surface area contributed by atoms with Crippen molar-refractivity contribution in [2.24, 2.45) is 29.6 Å². The number of hydrogen-bond donors (Lipinski definition) is 2. The van der Waals surface area contributed by atoms with Gasteiger partial charge in [0.25, 0.3) is 5.91 Å². The molecule has 2 saturated carbocycles. The number of hydrogen-bond acceptors (Lipinski definition) is 9. The molecule has 6 unspecified atom stereocenters. The van der Waals surface area contributed by atoms with Gasteiger partial charge in [0.1, 0.15) is 5.75 Å². The summed E-state index contributed by atoms with van der Waals surface area (Å²) in [4.78, 5) is 70.4. The number of H-pyrrole nitrogens is 1. The van der Waals surface area contributed by atoms with E-state index >= 15 is 0 Å². The zero-order valence-corrected chi connectivity index (χ0v) is 24.4. The van der Waals surface area contributed by atoms with Gasteiger partial charge in [-0.05, 0) is 36.7 Å². The molecule has 2 bridgehead atoms. The van der Waals surface area contributed by atoms with Gasteiger partial charge in [-0.25, -0.2) is 0 Å². The van der Waals surface area contributed by atoms with Crippen LogP contribution in [0.4, 0.5) is 0 Å². The van der Waals surface area contributed by atoms with Gasteiger partial charge in [-0.3, -0.25) is 28.9 Å². The number of thioether (sulfide) groups is 1. The van der Waals surface area contributed by atoms with E-state index in [-0.39, 0.29) is 77.5 Å². The number of aromatic nitrogens is 1. The summed E-state index contributed by atoms with van der Waals surface area (Å²) in [7, 11) is 0. The van der Waals surface area contributed by atoms with Crippen LogP contribution in [0.3, 0.4) is 0 Å². The number of aliphatic carboxylic acids is 1. The zero-order chi connectivity index (χ0) is 29.1. The van der Waals surface area contributed by atoms with Crippen LogP contribution in [0.1, 0.15) is 35.6 Å². The number of para-hydroxylation sites is 1. The highest BCUT2D eigenvalue weighted by Crippen LogP contribution is 2.69. The van der Waals surface area contributed by atoms with Gasteiger partial charge in [0, 0.05) is 47.7 Å². The number of carbonyl (C=O) groups is 4. The molecular weight excluding hydrogens is 582 g/mol. The van der Waals surface area contributed by atoms with Gasteiger partial charge < -0.3 is 24.5 Å². The number of carboxylic acids is 1. The van der Waals surface area contributed by atoms with Crippen molar-refractivity contribution < 1.29 is 33.8 Å². The van der Waals surface area contributed by atoms with Crippen LogP contribution in [-0.2, 0) is 23.9 Å². The number of fused-ring (bicyclic) bond motifs is 9. The Morgan fingerprint density at radius 1 is 1.07 bits per heavy atom. The van der Waals surface area contributed by atoms with Gasteiger partial charge in [0.05, 0.1) is 30.1 Å². The molecule has 1 aromatic heterocycles. The van der Waals surface area contributed by atoms with Gasteiger partial charge in [-0.2, -0.15) is 0 Å².